The first-order chi connectivity index (χ1) is 48.2. The number of benzene rings is 6. The summed E-state index contributed by atoms with van der Waals surface area (Å²) in [7, 11) is -7.16. The van der Waals surface area contributed by atoms with E-state index in [1.54, 1.807) is 59.1 Å². The minimum Gasteiger partial charge on any atom is -0.480 e. The number of carboxylic acid groups (broad SMARTS) is 1. The van der Waals surface area contributed by atoms with Gasteiger partial charge in [0.2, 0.25) is 43.7 Å². The van der Waals surface area contributed by atoms with E-state index < -0.39 is 79.5 Å². The molecule has 6 aromatic carbocycles. The van der Waals surface area contributed by atoms with E-state index in [0.717, 1.165) is 50.9 Å². The second-order valence-electron chi connectivity index (χ2n) is 25.0. The number of aromatic nitrogens is 4. The molecule has 0 aliphatic rings. The van der Waals surface area contributed by atoms with Gasteiger partial charge in [0.1, 0.15) is 23.7 Å². The molecule has 0 spiro atoms. The SMILES string of the molecule is CC[C@H](C)[C@@H](CN(CC(=O)NS(=O)(=O)CCC(N)C(=O)O)Cc1cccc2ccccc12)N(C(C)=O)c1cncn1Cc1ccc(C#N)cc1.CC[C@H](C)[C@@H](CN(CC(=O)NS(=O)(=O)CC[C@H](N)C(=O)OC)Cc1cccc2ccccc12)N(C(C)=O)c1cncn1Cc1ccc(C#N)cc1. The fraction of sp³-hybridized carbons (Fsp3) is 0.370. The largest absolute Gasteiger partial charge is 0.480 e. The highest BCUT2D eigenvalue weighted by Gasteiger charge is 2.35. The highest BCUT2D eigenvalue weighted by Crippen LogP contribution is 2.30. The number of nitrogens with zero attached hydrogens (tertiary/aromatic N) is 10. The highest BCUT2D eigenvalue weighted by molar-refractivity contribution is 7.90. The number of carbonyl (C=O) groups is 6. The Morgan fingerprint density at radius 3 is 1.31 bits per heavy atom. The van der Waals surface area contributed by atoms with Crippen LogP contribution in [-0.2, 0) is 79.7 Å². The second-order valence-corrected chi connectivity index (χ2v) is 28.7. The Hall–Kier alpha value is -10.2. The predicted octanol–water partition coefficient (Wildman–Crippen LogP) is 7.04. The van der Waals surface area contributed by atoms with E-state index in [2.05, 4.69) is 36.3 Å². The molecule has 2 heterocycles. The monoisotopic (exact) mass is 1420 g/mol. The van der Waals surface area contributed by atoms with Crippen molar-refractivity contribution in [3.8, 4) is 12.1 Å². The third-order valence-corrected chi connectivity index (χ3v) is 20.2. The third kappa shape index (κ3) is 22.4. The molecule has 0 fully saturated rings. The number of carboxylic acids is 1. The van der Waals surface area contributed by atoms with Crippen LogP contribution in [0.2, 0.25) is 0 Å². The van der Waals surface area contributed by atoms with Crippen LogP contribution in [0.15, 0.2) is 159 Å². The van der Waals surface area contributed by atoms with Crippen molar-refractivity contribution in [3.05, 3.63) is 192 Å². The molecule has 0 aliphatic heterocycles. The maximum Gasteiger partial charge on any atom is 0.322 e. The molecule has 8 aromatic rings. The molecule has 6 atom stereocenters. The summed E-state index contributed by atoms with van der Waals surface area (Å²) < 4.78 is 63.8. The number of imidazole rings is 2. The van der Waals surface area contributed by atoms with Gasteiger partial charge in [-0.15, -0.1) is 0 Å². The number of ether oxygens (including phenoxy) is 1. The number of rotatable bonds is 34. The molecule has 8 rings (SSSR count). The van der Waals surface area contributed by atoms with E-state index in [1.807, 2.05) is 156 Å². The third-order valence-electron chi connectivity index (χ3n) is 17.6. The molecule has 28 heteroatoms. The highest BCUT2D eigenvalue weighted by atomic mass is 32.2. The summed E-state index contributed by atoms with van der Waals surface area (Å²) in [4.78, 5) is 92.4. The smallest absolute Gasteiger partial charge is 0.322 e. The van der Waals surface area contributed by atoms with Crippen LogP contribution in [0.4, 0.5) is 11.6 Å². The lowest BCUT2D eigenvalue weighted by atomic mass is 9.96. The van der Waals surface area contributed by atoms with Gasteiger partial charge in [-0.1, -0.05) is 150 Å². The number of fused-ring (bicyclic) bond motifs is 2. The second kappa shape index (κ2) is 36.8. The van der Waals surface area contributed by atoms with Gasteiger partial charge in [-0.2, -0.15) is 10.5 Å². The van der Waals surface area contributed by atoms with Crippen molar-refractivity contribution in [1.29, 1.82) is 10.5 Å². The van der Waals surface area contributed by atoms with Crippen molar-refractivity contribution in [2.75, 3.05) is 54.6 Å². The number of anilines is 2. The molecule has 101 heavy (non-hydrogen) atoms. The summed E-state index contributed by atoms with van der Waals surface area (Å²) in [6, 6.07) is 42.6. The number of methoxy groups -OCH3 is 1. The van der Waals surface area contributed by atoms with E-state index in [-0.39, 0.29) is 75.8 Å². The Kier molecular flexibility index (Phi) is 28.4. The van der Waals surface area contributed by atoms with Crippen molar-refractivity contribution < 1.29 is 55.4 Å². The van der Waals surface area contributed by atoms with Gasteiger partial charge in [0.05, 0.1) is 105 Å². The molecule has 0 saturated carbocycles. The number of hydrogen-bond acceptors (Lipinski definition) is 19. The normalized spacial score (nSPS) is 13.3. The van der Waals surface area contributed by atoms with Crippen LogP contribution in [0.1, 0.15) is 101 Å². The summed E-state index contributed by atoms with van der Waals surface area (Å²) in [5.41, 5.74) is 15.9. The molecule has 0 aliphatic carbocycles. The van der Waals surface area contributed by atoms with Gasteiger partial charge in [-0.05, 0) is 92.7 Å². The van der Waals surface area contributed by atoms with Gasteiger partial charge in [0.15, 0.2) is 0 Å². The lowest BCUT2D eigenvalue weighted by Crippen LogP contribution is -2.52. The number of amides is 4. The first-order valence-corrected chi connectivity index (χ1v) is 36.3. The van der Waals surface area contributed by atoms with Gasteiger partial charge >= 0.3 is 11.9 Å². The Labute approximate surface area is 589 Å². The molecule has 2 aromatic heterocycles. The lowest BCUT2D eigenvalue weighted by Gasteiger charge is -2.38. The average Bonchev–Trinajstić information content (AvgIpc) is 1.79. The maximum atomic E-state index is 13.5. The quantitative estimate of drug-likeness (QED) is 0.0252. The molecule has 534 valence electrons. The van der Waals surface area contributed by atoms with E-state index >= 15 is 0 Å². The van der Waals surface area contributed by atoms with Gasteiger partial charge < -0.3 is 30.4 Å². The summed E-state index contributed by atoms with van der Waals surface area (Å²) in [5.74, 6) is -4.26. The van der Waals surface area contributed by atoms with Crippen molar-refractivity contribution in [2.24, 2.45) is 23.3 Å². The number of aliphatic carboxylic acids is 1. The van der Waals surface area contributed by atoms with Crippen LogP contribution >= 0.6 is 0 Å². The van der Waals surface area contributed by atoms with E-state index in [1.165, 1.54) is 13.8 Å². The van der Waals surface area contributed by atoms with Gasteiger partial charge in [-0.25, -0.2) is 26.8 Å². The molecule has 1 unspecified atom stereocenters. The molecule has 0 radical (unpaired) electrons. The zero-order valence-electron chi connectivity index (χ0n) is 57.8. The Bertz CT molecular complexity index is 4490. The number of nitriles is 2. The molecule has 0 bridgehead atoms. The van der Waals surface area contributed by atoms with E-state index in [4.69, 9.17) is 16.6 Å². The number of nitrogens with one attached hydrogen (secondary N) is 2. The van der Waals surface area contributed by atoms with Crippen LogP contribution in [0.5, 0.6) is 0 Å². The maximum absolute atomic E-state index is 13.5. The predicted molar refractivity (Wildman–Crippen MR) is 385 cm³/mol. The summed E-state index contributed by atoms with van der Waals surface area (Å²) in [6.45, 7) is 12.2. The lowest BCUT2D eigenvalue weighted by molar-refractivity contribution is -0.142. The van der Waals surface area contributed by atoms with Crippen LogP contribution in [-0.4, -0.2) is 155 Å². The van der Waals surface area contributed by atoms with Gasteiger partial charge in [0.25, 0.3) is 0 Å². The molecule has 0 saturated heterocycles. The Morgan fingerprint density at radius 2 is 0.950 bits per heavy atom. The number of carbonyl (C=O) groups excluding carboxylic acids is 5. The first kappa shape index (κ1) is 78.1. The van der Waals surface area contributed by atoms with Crippen LogP contribution in [0.25, 0.3) is 21.5 Å². The minimum atomic E-state index is -4.18. The summed E-state index contributed by atoms with van der Waals surface area (Å²) in [5, 5.41) is 31.4. The zero-order valence-corrected chi connectivity index (χ0v) is 59.4. The van der Waals surface area contributed by atoms with Crippen molar-refractivity contribution in [3.63, 3.8) is 0 Å². The van der Waals surface area contributed by atoms with Crippen molar-refractivity contribution in [2.45, 2.75) is 118 Å². The minimum absolute atomic E-state index is 0.0474. The molecular formula is C73H88N14O12S2. The molecule has 26 nitrogen and oxygen atoms in total. The standard InChI is InChI=1S/C37H45N7O6S.C36H43N7O6S/c1-5-26(2)34(44(27(3)45)36-20-40-25-43(36)21-29-15-13-28(19-38)14-16-29)23-42(22-31-11-8-10-30-9-6-7-12-32(30)31)24-35(46)41-51(48,49)18-17-33(39)37(47)50-4;1-4-25(2)33(43(26(3)44)35-19-39-24-42(35)20-28-14-12-27(18-37)13-15-28)22-41(21-30-10-7-9-29-8-5-6-11-31(29)30)23-34(45)40-50(48,49)17-16-32(38)36(46)47/h6-16,20,25-26,33-34H,5,17-18,21-24,39H2,1-4H3,(H,41,46);5-15,19,24-25,32-33H,4,16-17,20-23,38H2,1-3H3,(H,40,45)(H,46,47)/t26-,33-,34+;25-,32?,33+/m00/s1. The van der Waals surface area contributed by atoms with Crippen molar-refractivity contribution >= 4 is 88.8 Å². The summed E-state index contributed by atoms with van der Waals surface area (Å²) in [6.07, 6.45) is 7.36. The Morgan fingerprint density at radius 1 is 0.574 bits per heavy atom. The van der Waals surface area contributed by atoms with E-state index in [0.29, 0.717) is 48.7 Å². The first-order valence-electron chi connectivity index (χ1n) is 33.0. The number of sulfonamides is 2. The van der Waals surface area contributed by atoms with Crippen LogP contribution < -0.4 is 30.7 Å². The van der Waals surface area contributed by atoms with Gasteiger partial charge in [0, 0.05) is 40.0 Å². The average molecular weight is 1420 g/mol. The molecule has 7 N–H and O–H groups in total. The summed E-state index contributed by atoms with van der Waals surface area (Å²) >= 11 is 0. The number of esters is 1. The van der Waals surface area contributed by atoms with Crippen molar-refractivity contribution in [1.82, 2.24) is 38.3 Å². The fourth-order valence-electron chi connectivity index (χ4n) is 11.9. The number of hydrogen-bond donors (Lipinski definition) is 5. The molecule has 4 amide bonds. The number of nitrogens with two attached hydrogens (primary N) is 2. The topological polar surface area (TPSA) is 372 Å². The molecular weight excluding hydrogens is 1330 g/mol. The fourth-order valence-corrected chi connectivity index (χ4v) is 14.0. The van der Waals surface area contributed by atoms with Crippen LogP contribution in [0, 0.1) is 34.5 Å². The van der Waals surface area contributed by atoms with E-state index in [9.17, 15) is 56.1 Å². The zero-order chi connectivity index (χ0) is 73.6. The van der Waals surface area contributed by atoms with Gasteiger partial charge in [-0.3, -0.25) is 57.8 Å². The van der Waals surface area contributed by atoms with Crippen LogP contribution in [0.3, 0.4) is 0 Å². The Balaban J connectivity index is 0.000000283.